The normalized spacial score (nSPS) is 15.2. The molecule has 2 amide bonds. The van der Waals surface area contributed by atoms with Crippen LogP contribution in [0.2, 0.25) is 0 Å². The quantitative estimate of drug-likeness (QED) is 0.700. The van der Waals surface area contributed by atoms with E-state index in [1.165, 1.54) is 0 Å². The maximum Gasteiger partial charge on any atom is 0.416 e. The molecule has 2 aromatic rings. The van der Waals surface area contributed by atoms with E-state index in [1.54, 1.807) is 18.2 Å². The summed E-state index contributed by atoms with van der Waals surface area (Å²) in [5, 5.41) is -0.252. The smallest absolute Gasteiger partial charge is 0.268 e. The van der Waals surface area contributed by atoms with Crippen LogP contribution in [0.4, 0.5) is 18.9 Å². The molecule has 134 valence electrons. The largest absolute Gasteiger partial charge is 0.416 e. The molecule has 3 nitrogen and oxygen atoms in total. The minimum atomic E-state index is -4.50. The molecule has 2 aromatic carbocycles. The summed E-state index contributed by atoms with van der Waals surface area (Å²) >= 11 is 6.09. The number of imide groups is 1. The summed E-state index contributed by atoms with van der Waals surface area (Å²) in [5.41, 5.74) is 1.64. The zero-order valence-corrected chi connectivity index (χ0v) is 14.6. The number of carbonyl (C=O) groups excluding carboxylic acids is 2. The van der Waals surface area contributed by atoms with E-state index >= 15 is 0 Å². The number of anilines is 1. The number of hydrogen-bond acceptors (Lipinski definition) is 2. The third kappa shape index (κ3) is 3.01. The molecule has 0 unspecified atom stereocenters. The second-order valence-corrected chi connectivity index (χ2v) is 6.36. The highest BCUT2D eigenvalue weighted by atomic mass is 35.5. The van der Waals surface area contributed by atoms with E-state index in [2.05, 4.69) is 0 Å². The summed E-state index contributed by atoms with van der Waals surface area (Å²) in [4.78, 5) is 26.0. The SMILES string of the molecule is Cc1ccc(C2=C(Cl)C(=O)N(c3ccc(C(F)(F)F)cc3)C2=O)cc1C. The van der Waals surface area contributed by atoms with Gasteiger partial charge in [0.25, 0.3) is 11.8 Å². The van der Waals surface area contributed by atoms with Gasteiger partial charge in [0.15, 0.2) is 0 Å². The Morgan fingerprint density at radius 3 is 2.04 bits per heavy atom. The highest BCUT2D eigenvalue weighted by Gasteiger charge is 2.39. The zero-order valence-electron chi connectivity index (χ0n) is 13.8. The highest BCUT2D eigenvalue weighted by Crippen LogP contribution is 2.36. The summed E-state index contributed by atoms with van der Waals surface area (Å²) < 4.78 is 38.1. The van der Waals surface area contributed by atoms with E-state index in [0.29, 0.717) is 5.56 Å². The van der Waals surface area contributed by atoms with E-state index in [0.717, 1.165) is 40.3 Å². The summed E-state index contributed by atoms with van der Waals surface area (Å²) in [6.45, 7) is 3.77. The van der Waals surface area contributed by atoms with Crippen LogP contribution in [-0.2, 0) is 15.8 Å². The molecule has 0 aliphatic carbocycles. The van der Waals surface area contributed by atoms with E-state index in [9.17, 15) is 22.8 Å². The van der Waals surface area contributed by atoms with Crippen molar-refractivity contribution in [2.45, 2.75) is 20.0 Å². The minimum absolute atomic E-state index is 0.0324. The van der Waals surface area contributed by atoms with Crippen LogP contribution >= 0.6 is 11.6 Å². The number of aryl methyl sites for hydroxylation is 2. The topological polar surface area (TPSA) is 37.4 Å². The van der Waals surface area contributed by atoms with Gasteiger partial charge in [-0.1, -0.05) is 29.8 Å². The van der Waals surface area contributed by atoms with Crippen LogP contribution in [0.3, 0.4) is 0 Å². The van der Waals surface area contributed by atoms with Gasteiger partial charge >= 0.3 is 6.18 Å². The van der Waals surface area contributed by atoms with Crippen molar-refractivity contribution in [2.75, 3.05) is 4.90 Å². The molecule has 0 radical (unpaired) electrons. The third-order valence-corrected chi connectivity index (χ3v) is 4.63. The molecule has 7 heteroatoms. The predicted molar refractivity (Wildman–Crippen MR) is 92.6 cm³/mol. The zero-order chi connectivity index (χ0) is 19.2. The third-order valence-electron chi connectivity index (χ3n) is 4.28. The molecule has 0 saturated carbocycles. The molecular formula is C19H13ClF3NO2. The van der Waals surface area contributed by atoms with Crippen molar-refractivity contribution < 1.29 is 22.8 Å². The first-order valence-electron chi connectivity index (χ1n) is 7.64. The van der Waals surface area contributed by atoms with Gasteiger partial charge in [-0.25, -0.2) is 4.90 Å². The first-order chi connectivity index (χ1) is 12.1. The Bertz CT molecular complexity index is 946. The van der Waals surface area contributed by atoms with Gasteiger partial charge < -0.3 is 0 Å². The second kappa shape index (κ2) is 6.29. The maximum absolute atomic E-state index is 12.7. The predicted octanol–water partition coefficient (Wildman–Crippen LogP) is 4.85. The molecule has 0 spiro atoms. The maximum atomic E-state index is 12.7. The molecule has 1 heterocycles. The number of nitrogens with zero attached hydrogens (tertiary/aromatic N) is 1. The summed E-state index contributed by atoms with van der Waals surface area (Å²) in [6.07, 6.45) is -4.50. The van der Waals surface area contributed by atoms with E-state index in [1.807, 2.05) is 13.8 Å². The molecule has 0 saturated heterocycles. The summed E-state index contributed by atoms with van der Waals surface area (Å²) in [6, 6.07) is 9.02. The molecule has 3 rings (SSSR count). The Labute approximate surface area is 152 Å². The molecule has 26 heavy (non-hydrogen) atoms. The van der Waals surface area contributed by atoms with Gasteiger partial charge in [-0.3, -0.25) is 9.59 Å². The Morgan fingerprint density at radius 1 is 0.885 bits per heavy atom. The van der Waals surface area contributed by atoms with Crippen molar-refractivity contribution in [3.05, 3.63) is 69.8 Å². The lowest BCUT2D eigenvalue weighted by atomic mass is 10.0. The Kier molecular flexibility index (Phi) is 4.40. The Morgan fingerprint density at radius 2 is 1.50 bits per heavy atom. The number of carbonyl (C=O) groups is 2. The number of halogens is 4. The van der Waals surface area contributed by atoms with Crippen LogP contribution in [0, 0.1) is 13.8 Å². The fourth-order valence-electron chi connectivity index (χ4n) is 2.68. The van der Waals surface area contributed by atoms with Crippen LogP contribution in [0.15, 0.2) is 47.5 Å². The van der Waals surface area contributed by atoms with E-state index in [-0.39, 0.29) is 16.3 Å². The Balaban J connectivity index is 1.99. The van der Waals surface area contributed by atoms with Crippen molar-refractivity contribution in [1.29, 1.82) is 0 Å². The highest BCUT2D eigenvalue weighted by molar-refractivity contribution is 6.60. The van der Waals surface area contributed by atoms with Gasteiger partial charge in [0.05, 0.1) is 16.8 Å². The molecule has 0 atom stereocenters. The lowest BCUT2D eigenvalue weighted by molar-refractivity contribution is -0.137. The number of rotatable bonds is 2. The minimum Gasteiger partial charge on any atom is -0.268 e. The molecule has 0 aromatic heterocycles. The Hall–Kier alpha value is -2.60. The lowest BCUT2D eigenvalue weighted by Gasteiger charge is -2.16. The van der Waals surface area contributed by atoms with Crippen molar-refractivity contribution in [1.82, 2.24) is 0 Å². The number of alkyl halides is 3. The molecule has 1 aliphatic rings. The molecule has 0 fully saturated rings. The van der Waals surface area contributed by atoms with Crippen LogP contribution in [0.5, 0.6) is 0 Å². The average molecular weight is 380 g/mol. The molecular weight excluding hydrogens is 367 g/mol. The van der Waals surface area contributed by atoms with Gasteiger partial charge in [-0.2, -0.15) is 13.2 Å². The standard InChI is InChI=1S/C19H13ClF3NO2/c1-10-3-4-12(9-11(10)2)15-16(20)18(26)24(17(15)25)14-7-5-13(6-8-14)19(21,22)23/h3-9H,1-2H3. The first-order valence-corrected chi connectivity index (χ1v) is 8.02. The molecule has 0 bridgehead atoms. The van der Waals surface area contributed by atoms with Crippen LogP contribution in [-0.4, -0.2) is 11.8 Å². The summed E-state index contributed by atoms with van der Waals surface area (Å²) in [5.74, 6) is -1.42. The first kappa shape index (κ1) is 18.2. The number of benzene rings is 2. The fraction of sp³-hybridized carbons (Fsp3) is 0.158. The van der Waals surface area contributed by atoms with Gasteiger partial charge in [0.1, 0.15) is 5.03 Å². The molecule has 0 N–H and O–H groups in total. The van der Waals surface area contributed by atoms with Crippen molar-refractivity contribution in [3.8, 4) is 0 Å². The second-order valence-electron chi connectivity index (χ2n) is 5.98. The van der Waals surface area contributed by atoms with Gasteiger partial charge in [0, 0.05) is 0 Å². The average Bonchev–Trinajstić information content (AvgIpc) is 2.79. The van der Waals surface area contributed by atoms with Crippen LogP contribution in [0.1, 0.15) is 22.3 Å². The fourth-order valence-corrected chi connectivity index (χ4v) is 2.96. The van der Waals surface area contributed by atoms with Crippen molar-refractivity contribution >= 4 is 34.7 Å². The van der Waals surface area contributed by atoms with Crippen molar-refractivity contribution in [2.24, 2.45) is 0 Å². The van der Waals surface area contributed by atoms with E-state index in [4.69, 9.17) is 11.6 Å². The van der Waals surface area contributed by atoms with Gasteiger partial charge in [-0.15, -0.1) is 0 Å². The van der Waals surface area contributed by atoms with Crippen molar-refractivity contribution in [3.63, 3.8) is 0 Å². The van der Waals surface area contributed by atoms with Crippen LogP contribution < -0.4 is 4.90 Å². The number of hydrogen-bond donors (Lipinski definition) is 0. The van der Waals surface area contributed by atoms with Gasteiger partial charge in [-0.05, 0) is 54.8 Å². The molecule has 1 aliphatic heterocycles. The van der Waals surface area contributed by atoms with E-state index < -0.39 is 23.6 Å². The summed E-state index contributed by atoms with van der Waals surface area (Å²) in [7, 11) is 0. The monoisotopic (exact) mass is 379 g/mol. The van der Waals surface area contributed by atoms with Gasteiger partial charge in [0.2, 0.25) is 0 Å². The lowest BCUT2D eigenvalue weighted by Crippen LogP contribution is -2.31. The van der Waals surface area contributed by atoms with Crippen LogP contribution in [0.25, 0.3) is 5.57 Å². The number of amides is 2.